The average molecular weight is 235 g/mol. The van der Waals surface area contributed by atoms with Crippen LogP contribution in [-0.2, 0) is 4.74 Å². The van der Waals surface area contributed by atoms with Crippen LogP contribution in [0.5, 0.6) is 11.5 Å². The van der Waals surface area contributed by atoms with E-state index < -0.39 is 0 Å². The number of hydrogen-bond donors (Lipinski definition) is 1. The van der Waals surface area contributed by atoms with Gasteiger partial charge in [-0.05, 0) is 36.6 Å². The highest BCUT2D eigenvalue weighted by atomic mass is 16.7. The van der Waals surface area contributed by atoms with E-state index in [0.717, 1.165) is 36.8 Å². The van der Waals surface area contributed by atoms with Gasteiger partial charge in [-0.25, -0.2) is 0 Å². The second-order valence-corrected chi connectivity index (χ2v) is 4.51. The number of benzene rings is 1. The van der Waals surface area contributed by atoms with Crippen molar-refractivity contribution in [3.05, 3.63) is 22.8 Å². The zero-order valence-electron chi connectivity index (χ0n) is 10.2. The molecule has 2 aliphatic rings. The smallest absolute Gasteiger partial charge is 0.231 e. The third kappa shape index (κ3) is 1.77. The molecule has 1 fully saturated rings. The molecule has 0 spiro atoms. The van der Waals surface area contributed by atoms with E-state index in [1.807, 2.05) is 0 Å². The molecule has 1 aromatic rings. The highest BCUT2D eigenvalue weighted by Gasteiger charge is 2.25. The summed E-state index contributed by atoms with van der Waals surface area (Å²) in [5.41, 5.74) is 3.60. The number of rotatable bonds is 1. The third-order valence-corrected chi connectivity index (χ3v) is 3.54. The van der Waals surface area contributed by atoms with Gasteiger partial charge in [-0.1, -0.05) is 0 Å². The predicted octanol–water partition coefficient (Wildman–Crippen LogP) is 1.69. The molecule has 0 saturated carbocycles. The van der Waals surface area contributed by atoms with E-state index in [4.69, 9.17) is 14.2 Å². The normalized spacial score (nSPS) is 22.8. The summed E-state index contributed by atoms with van der Waals surface area (Å²) in [6.45, 7) is 7.06. The molecule has 0 aliphatic carbocycles. The van der Waals surface area contributed by atoms with Crippen LogP contribution in [0.3, 0.4) is 0 Å². The maximum atomic E-state index is 5.80. The SMILES string of the molecule is Cc1c(C2CNCCO2)cc2c(c1C)OCO2. The Morgan fingerprint density at radius 3 is 2.88 bits per heavy atom. The number of morpholine rings is 1. The van der Waals surface area contributed by atoms with Crippen LogP contribution in [-0.4, -0.2) is 26.5 Å². The molecule has 17 heavy (non-hydrogen) atoms. The second kappa shape index (κ2) is 4.20. The first-order valence-electron chi connectivity index (χ1n) is 5.99. The lowest BCUT2D eigenvalue weighted by molar-refractivity contribution is 0.0272. The van der Waals surface area contributed by atoms with Crippen LogP contribution < -0.4 is 14.8 Å². The van der Waals surface area contributed by atoms with Gasteiger partial charge in [0, 0.05) is 13.1 Å². The van der Waals surface area contributed by atoms with Crippen LogP contribution >= 0.6 is 0 Å². The summed E-state index contributed by atoms with van der Waals surface area (Å²) < 4.78 is 16.7. The van der Waals surface area contributed by atoms with Gasteiger partial charge in [0.2, 0.25) is 6.79 Å². The van der Waals surface area contributed by atoms with Crippen molar-refractivity contribution >= 4 is 0 Å². The molecule has 2 heterocycles. The van der Waals surface area contributed by atoms with E-state index >= 15 is 0 Å². The van der Waals surface area contributed by atoms with Gasteiger partial charge in [-0.2, -0.15) is 0 Å². The highest BCUT2D eigenvalue weighted by molar-refractivity contribution is 5.55. The molecule has 4 nitrogen and oxygen atoms in total. The molecule has 1 saturated heterocycles. The van der Waals surface area contributed by atoms with Crippen molar-refractivity contribution < 1.29 is 14.2 Å². The van der Waals surface area contributed by atoms with Gasteiger partial charge < -0.3 is 19.5 Å². The average Bonchev–Trinajstić information content (AvgIpc) is 2.83. The molecule has 3 rings (SSSR count). The van der Waals surface area contributed by atoms with Crippen LogP contribution in [0.1, 0.15) is 22.8 Å². The highest BCUT2D eigenvalue weighted by Crippen LogP contribution is 2.41. The van der Waals surface area contributed by atoms with Crippen molar-refractivity contribution in [2.24, 2.45) is 0 Å². The van der Waals surface area contributed by atoms with E-state index in [1.165, 1.54) is 11.1 Å². The lowest BCUT2D eigenvalue weighted by Gasteiger charge is -2.26. The summed E-state index contributed by atoms with van der Waals surface area (Å²) in [4.78, 5) is 0. The zero-order chi connectivity index (χ0) is 11.8. The lowest BCUT2D eigenvalue weighted by Crippen LogP contribution is -2.33. The molecule has 1 aromatic carbocycles. The maximum Gasteiger partial charge on any atom is 0.231 e. The van der Waals surface area contributed by atoms with Crippen molar-refractivity contribution in [2.75, 3.05) is 26.5 Å². The molecule has 92 valence electrons. The van der Waals surface area contributed by atoms with Gasteiger partial charge in [-0.3, -0.25) is 0 Å². The number of ether oxygens (including phenoxy) is 3. The zero-order valence-corrected chi connectivity index (χ0v) is 10.2. The van der Waals surface area contributed by atoms with Crippen LogP contribution in [0.4, 0.5) is 0 Å². The largest absolute Gasteiger partial charge is 0.454 e. The molecule has 0 radical (unpaired) electrons. The summed E-state index contributed by atoms with van der Waals surface area (Å²) >= 11 is 0. The first-order valence-corrected chi connectivity index (χ1v) is 5.99. The molecular weight excluding hydrogens is 218 g/mol. The van der Waals surface area contributed by atoms with Crippen LogP contribution in [0.15, 0.2) is 6.07 Å². The summed E-state index contributed by atoms with van der Waals surface area (Å²) in [5, 5.41) is 3.35. The Morgan fingerprint density at radius 2 is 2.12 bits per heavy atom. The Kier molecular flexibility index (Phi) is 2.68. The second-order valence-electron chi connectivity index (χ2n) is 4.51. The van der Waals surface area contributed by atoms with E-state index in [1.54, 1.807) is 0 Å². The van der Waals surface area contributed by atoms with Crippen molar-refractivity contribution in [3.63, 3.8) is 0 Å². The predicted molar refractivity (Wildman–Crippen MR) is 63.6 cm³/mol. The van der Waals surface area contributed by atoms with Crippen LogP contribution in [0.25, 0.3) is 0 Å². The molecule has 2 aliphatic heterocycles. The van der Waals surface area contributed by atoms with Gasteiger partial charge in [-0.15, -0.1) is 0 Å². The minimum Gasteiger partial charge on any atom is -0.454 e. The van der Waals surface area contributed by atoms with Crippen molar-refractivity contribution in [1.82, 2.24) is 5.32 Å². The quantitative estimate of drug-likeness (QED) is 0.804. The fourth-order valence-corrected chi connectivity index (χ4v) is 2.42. The molecule has 0 amide bonds. The van der Waals surface area contributed by atoms with Gasteiger partial charge in [0.15, 0.2) is 11.5 Å². The van der Waals surface area contributed by atoms with Gasteiger partial charge in [0.05, 0.1) is 12.7 Å². The molecule has 1 unspecified atom stereocenters. The van der Waals surface area contributed by atoms with E-state index in [0.29, 0.717) is 6.79 Å². The third-order valence-electron chi connectivity index (χ3n) is 3.54. The van der Waals surface area contributed by atoms with E-state index in [9.17, 15) is 0 Å². The van der Waals surface area contributed by atoms with Gasteiger partial charge in [0.25, 0.3) is 0 Å². The number of fused-ring (bicyclic) bond motifs is 1. The standard InChI is InChI=1S/C13H17NO3/c1-8-9(2)13-11(16-7-17-13)5-10(8)12-6-14-3-4-15-12/h5,12,14H,3-4,6-7H2,1-2H3. The summed E-state index contributed by atoms with van der Waals surface area (Å²) in [6.07, 6.45) is 0.122. The fourth-order valence-electron chi connectivity index (χ4n) is 2.42. The van der Waals surface area contributed by atoms with Crippen molar-refractivity contribution in [1.29, 1.82) is 0 Å². The van der Waals surface area contributed by atoms with Crippen LogP contribution in [0.2, 0.25) is 0 Å². The number of hydrogen-bond acceptors (Lipinski definition) is 4. The fraction of sp³-hybridized carbons (Fsp3) is 0.538. The molecular formula is C13H17NO3. The molecule has 1 atom stereocenters. The Morgan fingerprint density at radius 1 is 1.24 bits per heavy atom. The Labute approximate surface area is 101 Å². The molecule has 4 heteroatoms. The molecule has 1 N–H and O–H groups in total. The first kappa shape index (κ1) is 10.9. The molecule has 0 bridgehead atoms. The maximum absolute atomic E-state index is 5.80. The van der Waals surface area contributed by atoms with E-state index in [2.05, 4.69) is 25.2 Å². The summed E-state index contributed by atoms with van der Waals surface area (Å²) in [7, 11) is 0. The Bertz CT molecular complexity index is 439. The Hall–Kier alpha value is -1.26. The van der Waals surface area contributed by atoms with Gasteiger partial charge in [0.1, 0.15) is 0 Å². The van der Waals surface area contributed by atoms with Crippen molar-refractivity contribution in [3.8, 4) is 11.5 Å². The topological polar surface area (TPSA) is 39.7 Å². The van der Waals surface area contributed by atoms with Crippen LogP contribution in [0, 0.1) is 13.8 Å². The minimum absolute atomic E-state index is 0.122. The summed E-state index contributed by atoms with van der Waals surface area (Å²) in [6, 6.07) is 2.06. The monoisotopic (exact) mass is 235 g/mol. The Balaban J connectivity index is 2.01. The lowest BCUT2D eigenvalue weighted by atomic mass is 9.97. The van der Waals surface area contributed by atoms with Gasteiger partial charge >= 0.3 is 0 Å². The van der Waals surface area contributed by atoms with E-state index in [-0.39, 0.29) is 6.10 Å². The minimum atomic E-state index is 0.122. The van der Waals surface area contributed by atoms with Crippen molar-refractivity contribution in [2.45, 2.75) is 20.0 Å². The molecule has 0 aromatic heterocycles. The summed E-state index contributed by atoms with van der Waals surface area (Å²) in [5.74, 6) is 1.73. The number of nitrogens with one attached hydrogen (secondary N) is 1. The first-order chi connectivity index (χ1) is 8.27.